The van der Waals surface area contributed by atoms with Gasteiger partial charge in [-0.1, -0.05) is 44.2 Å². The van der Waals surface area contributed by atoms with Gasteiger partial charge in [-0.15, -0.1) is 0 Å². The first kappa shape index (κ1) is 13.8. The van der Waals surface area contributed by atoms with Crippen molar-refractivity contribution in [3.8, 4) is 5.75 Å². The highest BCUT2D eigenvalue weighted by Gasteiger charge is 2.09. The van der Waals surface area contributed by atoms with E-state index in [4.69, 9.17) is 4.74 Å². The van der Waals surface area contributed by atoms with Gasteiger partial charge in [-0.3, -0.25) is 0 Å². The Kier molecular flexibility index (Phi) is 4.77. The van der Waals surface area contributed by atoms with Crippen molar-refractivity contribution in [2.75, 3.05) is 13.2 Å². The van der Waals surface area contributed by atoms with Gasteiger partial charge in [0.25, 0.3) is 0 Å². The third-order valence-corrected chi connectivity index (χ3v) is 2.96. The highest BCUT2D eigenvalue weighted by molar-refractivity contribution is 5.83. The number of aliphatic hydroxyl groups is 1. The summed E-state index contributed by atoms with van der Waals surface area (Å²) in [5.74, 6) is 0.836. The maximum atomic E-state index is 9.28. The summed E-state index contributed by atoms with van der Waals surface area (Å²) in [7, 11) is 0. The molecule has 0 aromatic heterocycles. The van der Waals surface area contributed by atoms with Gasteiger partial charge in [0.05, 0.1) is 12.6 Å². The second-order valence-electron chi connectivity index (χ2n) is 5.02. The number of ether oxygens (including phenoxy) is 1. The standard InChI is InChI=1S/C16H21NO2/c1-12(2)17-15(10-18)11-19-16-8-7-13-5-3-4-6-14(13)9-16/h3-9,12,15,17-18H,10-11H2,1-2H3. The van der Waals surface area contributed by atoms with Crippen LogP contribution in [0.3, 0.4) is 0 Å². The Hall–Kier alpha value is -1.58. The molecular formula is C16H21NO2. The largest absolute Gasteiger partial charge is 0.492 e. The average Bonchev–Trinajstić information content (AvgIpc) is 2.42. The summed E-state index contributed by atoms with van der Waals surface area (Å²) >= 11 is 0. The predicted molar refractivity (Wildman–Crippen MR) is 78.6 cm³/mol. The summed E-state index contributed by atoms with van der Waals surface area (Å²) in [6.45, 7) is 4.65. The van der Waals surface area contributed by atoms with E-state index < -0.39 is 0 Å². The van der Waals surface area contributed by atoms with E-state index in [9.17, 15) is 5.11 Å². The predicted octanol–water partition coefficient (Wildman–Crippen LogP) is 2.58. The molecule has 102 valence electrons. The summed E-state index contributed by atoms with van der Waals surface area (Å²) in [4.78, 5) is 0. The highest BCUT2D eigenvalue weighted by atomic mass is 16.5. The zero-order valence-electron chi connectivity index (χ0n) is 11.5. The second kappa shape index (κ2) is 6.55. The number of nitrogens with one attached hydrogen (secondary N) is 1. The zero-order valence-corrected chi connectivity index (χ0v) is 11.5. The van der Waals surface area contributed by atoms with Crippen LogP contribution < -0.4 is 10.1 Å². The molecule has 0 fully saturated rings. The molecule has 3 heteroatoms. The molecule has 0 heterocycles. The van der Waals surface area contributed by atoms with Crippen molar-refractivity contribution >= 4 is 10.8 Å². The summed E-state index contributed by atoms with van der Waals surface area (Å²) < 4.78 is 5.75. The van der Waals surface area contributed by atoms with Gasteiger partial charge in [-0.25, -0.2) is 0 Å². The fourth-order valence-electron chi connectivity index (χ4n) is 2.08. The average molecular weight is 259 g/mol. The first-order valence-electron chi connectivity index (χ1n) is 6.67. The van der Waals surface area contributed by atoms with E-state index in [1.807, 2.05) is 24.3 Å². The normalized spacial score (nSPS) is 12.8. The van der Waals surface area contributed by atoms with Gasteiger partial charge in [0.15, 0.2) is 0 Å². The van der Waals surface area contributed by atoms with E-state index >= 15 is 0 Å². The third kappa shape index (κ3) is 3.94. The molecule has 0 amide bonds. The summed E-state index contributed by atoms with van der Waals surface area (Å²) in [6, 6.07) is 14.5. The molecule has 19 heavy (non-hydrogen) atoms. The zero-order chi connectivity index (χ0) is 13.7. The van der Waals surface area contributed by atoms with Crippen molar-refractivity contribution in [3.05, 3.63) is 42.5 Å². The molecule has 2 N–H and O–H groups in total. The molecule has 0 bridgehead atoms. The Morgan fingerprint density at radius 1 is 1.11 bits per heavy atom. The minimum absolute atomic E-state index is 0.0357. The number of rotatable bonds is 6. The smallest absolute Gasteiger partial charge is 0.120 e. The second-order valence-corrected chi connectivity index (χ2v) is 5.02. The van der Waals surface area contributed by atoms with Crippen molar-refractivity contribution in [2.45, 2.75) is 25.9 Å². The fourth-order valence-corrected chi connectivity index (χ4v) is 2.08. The van der Waals surface area contributed by atoms with Crippen LogP contribution in [-0.4, -0.2) is 30.4 Å². The molecule has 3 nitrogen and oxygen atoms in total. The van der Waals surface area contributed by atoms with E-state index in [0.29, 0.717) is 12.6 Å². The van der Waals surface area contributed by atoms with Crippen molar-refractivity contribution in [2.24, 2.45) is 0 Å². The van der Waals surface area contributed by atoms with Crippen molar-refractivity contribution < 1.29 is 9.84 Å². The van der Waals surface area contributed by atoms with E-state index in [1.54, 1.807) is 0 Å². The minimum atomic E-state index is -0.0357. The SMILES string of the molecule is CC(C)NC(CO)COc1ccc2ccccc2c1. The number of hydrogen-bond donors (Lipinski definition) is 2. The molecule has 0 radical (unpaired) electrons. The van der Waals surface area contributed by atoms with E-state index in [-0.39, 0.29) is 12.6 Å². The molecule has 0 spiro atoms. The third-order valence-electron chi connectivity index (χ3n) is 2.96. The summed E-state index contributed by atoms with van der Waals surface area (Å²) in [5, 5.41) is 14.9. The van der Waals surface area contributed by atoms with Crippen molar-refractivity contribution in [1.82, 2.24) is 5.32 Å². The highest BCUT2D eigenvalue weighted by Crippen LogP contribution is 2.20. The lowest BCUT2D eigenvalue weighted by molar-refractivity contribution is 0.177. The quantitative estimate of drug-likeness (QED) is 0.838. The lowest BCUT2D eigenvalue weighted by atomic mass is 10.1. The molecule has 1 unspecified atom stereocenters. The van der Waals surface area contributed by atoms with Gasteiger partial charge in [0.1, 0.15) is 12.4 Å². The van der Waals surface area contributed by atoms with Crippen LogP contribution in [-0.2, 0) is 0 Å². The van der Waals surface area contributed by atoms with Gasteiger partial charge in [0.2, 0.25) is 0 Å². The summed E-state index contributed by atoms with van der Waals surface area (Å²) in [5.41, 5.74) is 0. The molecule has 2 aromatic carbocycles. The number of hydrogen-bond acceptors (Lipinski definition) is 3. The van der Waals surface area contributed by atoms with E-state index in [2.05, 4.69) is 37.4 Å². The van der Waals surface area contributed by atoms with Crippen LogP contribution in [0.2, 0.25) is 0 Å². The van der Waals surface area contributed by atoms with Crippen LogP contribution in [0.4, 0.5) is 0 Å². The molecule has 0 aliphatic heterocycles. The van der Waals surface area contributed by atoms with Crippen LogP contribution in [0.5, 0.6) is 5.75 Å². The Labute approximate surface area is 114 Å². The lowest BCUT2D eigenvalue weighted by Gasteiger charge is -2.19. The number of aliphatic hydroxyl groups excluding tert-OH is 1. The molecule has 2 rings (SSSR count). The van der Waals surface area contributed by atoms with Gasteiger partial charge in [-0.05, 0) is 22.9 Å². The van der Waals surface area contributed by atoms with Crippen molar-refractivity contribution in [1.29, 1.82) is 0 Å². The monoisotopic (exact) mass is 259 g/mol. The summed E-state index contributed by atoms with van der Waals surface area (Å²) in [6.07, 6.45) is 0. The Morgan fingerprint density at radius 3 is 2.53 bits per heavy atom. The van der Waals surface area contributed by atoms with Crippen LogP contribution in [0, 0.1) is 0 Å². The lowest BCUT2D eigenvalue weighted by Crippen LogP contribution is -2.41. The van der Waals surface area contributed by atoms with E-state index in [0.717, 1.165) is 11.1 Å². The van der Waals surface area contributed by atoms with Crippen molar-refractivity contribution in [3.63, 3.8) is 0 Å². The van der Waals surface area contributed by atoms with Crippen LogP contribution in [0.1, 0.15) is 13.8 Å². The van der Waals surface area contributed by atoms with Gasteiger partial charge >= 0.3 is 0 Å². The first-order valence-corrected chi connectivity index (χ1v) is 6.67. The minimum Gasteiger partial charge on any atom is -0.492 e. The number of fused-ring (bicyclic) bond motifs is 1. The van der Waals surface area contributed by atoms with Crippen LogP contribution in [0.25, 0.3) is 10.8 Å². The Balaban J connectivity index is 2.00. The molecule has 0 saturated carbocycles. The molecule has 0 saturated heterocycles. The number of benzene rings is 2. The Bertz CT molecular complexity index is 525. The van der Waals surface area contributed by atoms with Gasteiger partial charge < -0.3 is 15.2 Å². The molecule has 0 aliphatic rings. The van der Waals surface area contributed by atoms with Crippen LogP contribution >= 0.6 is 0 Å². The maximum absolute atomic E-state index is 9.28. The maximum Gasteiger partial charge on any atom is 0.120 e. The van der Waals surface area contributed by atoms with E-state index in [1.165, 1.54) is 5.39 Å². The van der Waals surface area contributed by atoms with Crippen LogP contribution in [0.15, 0.2) is 42.5 Å². The topological polar surface area (TPSA) is 41.5 Å². The van der Waals surface area contributed by atoms with Gasteiger partial charge in [0, 0.05) is 6.04 Å². The van der Waals surface area contributed by atoms with Gasteiger partial charge in [-0.2, -0.15) is 0 Å². The molecular weight excluding hydrogens is 238 g/mol. The molecule has 1 atom stereocenters. The Morgan fingerprint density at radius 2 is 1.84 bits per heavy atom. The fraction of sp³-hybridized carbons (Fsp3) is 0.375. The molecule has 2 aromatic rings. The molecule has 0 aliphatic carbocycles. The first-order chi connectivity index (χ1) is 9.19.